The molecule has 0 aliphatic carbocycles. The molecule has 0 spiro atoms. The van der Waals surface area contributed by atoms with Crippen LogP contribution in [-0.2, 0) is 9.47 Å². The fraction of sp³-hybridized carbons (Fsp3) is 0.571. The highest BCUT2D eigenvalue weighted by Gasteiger charge is 2.39. The summed E-state index contributed by atoms with van der Waals surface area (Å²) in [5.74, 6) is 0.837. The highest BCUT2D eigenvalue weighted by molar-refractivity contribution is 5.30. The fourth-order valence-corrected chi connectivity index (χ4v) is 2.47. The highest BCUT2D eigenvalue weighted by atomic mass is 16.5. The predicted molar refractivity (Wildman–Crippen MR) is 69.7 cm³/mol. The minimum Gasteiger partial charge on any atom is -0.497 e. The molecule has 100 valence electrons. The summed E-state index contributed by atoms with van der Waals surface area (Å²) in [7, 11) is 3.39. The Kier molecular flexibility index (Phi) is 4.22. The number of methoxy groups -OCH3 is 2. The molecule has 1 heterocycles. The van der Waals surface area contributed by atoms with E-state index in [0.717, 1.165) is 24.2 Å². The molecule has 0 amide bonds. The van der Waals surface area contributed by atoms with Gasteiger partial charge in [0.1, 0.15) is 5.75 Å². The molecule has 4 nitrogen and oxygen atoms in total. The van der Waals surface area contributed by atoms with Gasteiger partial charge in [0.2, 0.25) is 0 Å². The van der Waals surface area contributed by atoms with Gasteiger partial charge in [-0.15, -0.1) is 0 Å². The van der Waals surface area contributed by atoms with Crippen molar-refractivity contribution in [1.82, 2.24) is 0 Å². The van der Waals surface area contributed by atoms with E-state index >= 15 is 0 Å². The van der Waals surface area contributed by atoms with Crippen molar-refractivity contribution in [1.29, 1.82) is 0 Å². The normalized spacial score (nSPS) is 20.4. The second-order valence-electron chi connectivity index (χ2n) is 4.63. The Balaban J connectivity index is 2.19. The Hall–Kier alpha value is -1.10. The van der Waals surface area contributed by atoms with E-state index in [1.807, 2.05) is 24.3 Å². The number of ether oxygens (including phenoxy) is 3. The van der Waals surface area contributed by atoms with Crippen molar-refractivity contribution in [2.75, 3.05) is 27.4 Å². The lowest BCUT2D eigenvalue weighted by atomic mass is 9.82. The van der Waals surface area contributed by atoms with Gasteiger partial charge >= 0.3 is 0 Å². The monoisotopic (exact) mass is 251 g/mol. The van der Waals surface area contributed by atoms with Gasteiger partial charge in [-0.3, -0.25) is 0 Å². The number of nitrogens with two attached hydrogens (primary N) is 1. The Morgan fingerprint density at radius 1 is 1.17 bits per heavy atom. The summed E-state index contributed by atoms with van der Waals surface area (Å²) in [5, 5.41) is 0. The van der Waals surface area contributed by atoms with E-state index in [1.165, 1.54) is 0 Å². The zero-order valence-electron chi connectivity index (χ0n) is 11.0. The summed E-state index contributed by atoms with van der Waals surface area (Å²) >= 11 is 0. The highest BCUT2D eigenvalue weighted by Crippen LogP contribution is 2.36. The molecule has 4 heteroatoms. The van der Waals surface area contributed by atoms with Gasteiger partial charge in [0.25, 0.3) is 0 Å². The van der Waals surface area contributed by atoms with E-state index < -0.39 is 0 Å². The summed E-state index contributed by atoms with van der Waals surface area (Å²) < 4.78 is 16.3. The Morgan fingerprint density at radius 3 is 2.28 bits per heavy atom. The molecule has 1 aromatic rings. The first-order valence-electron chi connectivity index (χ1n) is 6.24. The Morgan fingerprint density at radius 2 is 1.78 bits per heavy atom. The number of hydrogen-bond acceptors (Lipinski definition) is 4. The molecular formula is C14H21NO3. The fourth-order valence-electron chi connectivity index (χ4n) is 2.47. The van der Waals surface area contributed by atoms with Crippen molar-refractivity contribution in [2.24, 2.45) is 5.73 Å². The van der Waals surface area contributed by atoms with Gasteiger partial charge in [-0.05, 0) is 17.7 Å². The maximum absolute atomic E-state index is 6.39. The van der Waals surface area contributed by atoms with Crippen LogP contribution in [0.3, 0.4) is 0 Å². The maximum Gasteiger partial charge on any atom is 0.118 e. The summed E-state index contributed by atoms with van der Waals surface area (Å²) in [6.07, 6.45) is 1.66. The maximum atomic E-state index is 6.39. The lowest BCUT2D eigenvalue weighted by Crippen LogP contribution is -2.47. The molecular weight excluding hydrogens is 230 g/mol. The smallest absolute Gasteiger partial charge is 0.118 e. The van der Waals surface area contributed by atoms with Crippen molar-refractivity contribution < 1.29 is 14.2 Å². The van der Waals surface area contributed by atoms with Crippen LogP contribution in [0.15, 0.2) is 24.3 Å². The van der Waals surface area contributed by atoms with E-state index in [9.17, 15) is 0 Å². The van der Waals surface area contributed by atoms with Gasteiger partial charge in [0.05, 0.1) is 18.8 Å². The van der Waals surface area contributed by atoms with Gasteiger partial charge < -0.3 is 19.9 Å². The molecule has 0 aromatic heterocycles. The number of hydrogen-bond donors (Lipinski definition) is 1. The predicted octanol–water partition coefficient (Wildman–Crippen LogP) is 1.89. The molecule has 2 N–H and O–H groups in total. The molecule has 1 unspecified atom stereocenters. The SMILES string of the molecule is COc1ccc(C(N)C2(OC)CCOCC2)cc1. The van der Waals surface area contributed by atoms with Crippen molar-refractivity contribution in [3.8, 4) is 5.75 Å². The van der Waals surface area contributed by atoms with E-state index in [-0.39, 0.29) is 11.6 Å². The van der Waals surface area contributed by atoms with Gasteiger partial charge in [0, 0.05) is 33.2 Å². The second kappa shape index (κ2) is 5.69. The van der Waals surface area contributed by atoms with Crippen LogP contribution < -0.4 is 10.5 Å². The van der Waals surface area contributed by atoms with Crippen LogP contribution in [0.2, 0.25) is 0 Å². The molecule has 1 fully saturated rings. The Bertz CT molecular complexity index is 371. The molecule has 1 aliphatic heterocycles. The van der Waals surface area contributed by atoms with Crippen molar-refractivity contribution in [3.63, 3.8) is 0 Å². The van der Waals surface area contributed by atoms with Gasteiger partial charge in [-0.1, -0.05) is 12.1 Å². The van der Waals surface area contributed by atoms with Crippen LogP contribution in [0.4, 0.5) is 0 Å². The largest absolute Gasteiger partial charge is 0.497 e. The van der Waals surface area contributed by atoms with Gasteiger partial charge in [0.15, 0.2) is 0 Å². The van der Waals surface area contributed by atoms with Gasteiger partial charge in [-0.2, -0.15) is 0 Å². The van der Waals surface area contributed by atoms with Crippen LogP contribution in [-0.4, -0.2) is 33.0 Å². The Labute approximate surface area is 108 Å². The van der Waals surface area contributed by atoms with Crippen molar-refractivity contribution >= 4 is 0 Å². The standard InChI is InChI=1S/C14H21NO3/c1-16-12-5-3-11(4-6-12)13(15)14(17-2)7-9-18-10-8-14/h3-6,13H,7-10,15H2,1-2H3. The zero-order valence-corrected chi connectivity index (χ0v) is 11.0. The third-order valence-corrected chi connectivity index (χ3v) is 3.79. The third kappa shape index (κ3) is 2.51. The van der Waals surface area contributed by atoms with Crippen LogP contribution in [0.1, 0.15) is 24.4 Å². The van der Waals surface area contributed by atoms with Crippen LogP contribution in [0, 0.1) is 0 Å². The first-order valence-corrected chi connectivity index (χ1v) is 6.24. The average Bonchev–Trinajstić information content (AvgIpc) is 2.47. The minimum absolute atomic E-state index is 0.141. The summed E-state index contributed by atoms with van der Waals surface area (Å²) in [5.41, 5.74) is 7.14. The molecule has 18 heavy (non-hydrogen) atoms. The first kappa shape index (κ1) is 13.3. The summed E-state index contributed by atoms with van der Waals surface area (Å²) in [6, 6.07) is 7.71. The van der Waals surface area contributed by atoms with Crippen LogP contribution in [0.25, 0.3) is 0 Å². The molecule has 1 aliphatic rings. The zero-order chi connectivity index (χ0) is 13.0. The third-order valence-electron chi connectivity index (χ3n) is 3.79. The lowest BCUT2D eigenvalue weighted by molar-refractivity contribution is -0.105. The van der Waals surface area contributed by atoms with Gasteiger partial charge in [-0.25, -0.2) is 0 Å². The topological polar surface area (TPSA) is 53.7 Å². The van der Waals surface area contributed by atoms with Crippen molar-refractivity contribution in [2.45, 2.75) is 24.5 Å². The number of rotatable bonds is 4. The van der Waals surface area contributed by atoms with E-state index in [1.54, 1.807) is 14.2 Å². The quantitative estimate of drug-likeness (QED) is 0.888. The molecule has 1 aromatic carbocycles. The first-order chi connectivity index (χ1) is 8.72. The average molecular weight is 251 g/mol. The second-order valence-corrected chi connectivity index (χ2v) is 4.63. The van der Waals surface area contributed by atoms with E-state index in [2.05, 4.69) is 0 Å². The van der Waals surface area contributed by atoms with Crippen LogP contribution in [0.5, 0.6) is 5.75 Å². The van der Waals surface area contributed by atoms with E-state index in [0.29, 0.717) is 13.2 Å². The number of benzene rings is 1. The molecule has 0 bridgehead atoms. The molecule has 0 radical (unpaired) electrons. The van der Waals surface area contributed by atoms with Crippen molar-refractivity contribution in [3.05, 3.63) is 29.8 Å². The van der Waals surface area contributed by atoms with E-state index in [4.69, 9.17) is 19.9 Å². The molecule has 1 atom stereocenters. The summed E-state index contributed by atoms with van der Waals surface area (Å²) in [6.45, 7) is 1.41. The van der Waals surface area contributed by atoms with Crippen LogP contribution >= 0.6 is 0 Å². The summed E-state index contributed by atoms with van der Waals surface area (Å²) in [4.78, 5) is 0. The molecule has 1 saturated heterocycles. The molecule has 2 rings (SSSR count). The molecule has 0 saturated carbocycles. The minimum atomic E-state index is -0.313. The lowest BCUT2D eigenvalue weighted by Gasteiger charge is -2.40.